The van der Waals surface area contributed by atoms with Crippen molar-refractivity contribution in [2.75, 3.05) is 0 Å². The summed E-state index contributed by atoms with van der Waals surface area (Å²) in [5.41, 5.74) is 0. The molecule has 0 aliphatic carbocycles. The summed E-state index contributed by atoms with van der Waals surface area (Å²) in [6.45, 7) is 14.2. The third-order valence-corrected chi connectivity index (χ3v) is 4.80. The van der Waals surface area contributed by atoms with Crippen molar-refractivity contribution in [2.24, 2.45) is 0 Å². The van der Waals surface area contributed by atoms with Crippen LogP contribution in [0.15, 0.2) is 0 Å². The molecule has 0 bridgehead atoms. The molecule has 0 fully saturated rings. The third-order valence-electron chi connectivity index (χ3n) is 1.60. The second-order valence-electron chi connectivity index (χ2n) is 4.07. The van der Waals surface area contributed by atoms with E-state index in [0.717, 1.165) is 12.5 Å². The molecule has 0 saturated carbocycles. The van der Waals surface area contributed by atoms with E-state index in [9.17, 15) is 0 Å². The van der Waals surface area contributed by atoms with Gasteiger partial charge in [-0.2, -0.15) is 0 Å². The minimum atomic E-state index is -1.94. The van der Waals surface area contributed by atoms with Gasteiger partial charge in [0.25, 0.3) is 0 Å². The number of hydrogen-bond donors (Lipinski definition) is 0. The lowest BCUT2D eigenvalue weighted by Crippen LogP contribution is -2.42. The molecule has 0 heterocycles. The highest BCUT2D eigenvalue weighted by molar-refractivity contribution is 6.66. The van der Waals surface area contributed by atoms with Crippen LogP contribution >= 0.6 is 0 Å². The van der Waals surface area contributed by atoms with Crippen LogP contribution in [0.3, 0.4) is 0 Å². The second-order valence-corrected chi connectivity index (χ2v) is 7.31. The van der Waals surface area contributed by atoms with Crippen molar-refractivity contribution in [1.29, 1.82) is 0 Å². The largest absolute Gasteiger partial charge is 0.392 e. The van der Waals surface area contributed by atoms with E-state index in [2.05, 4.69) is 41.2 Å². The lowest BCUT2D eigenvalue weighted by Gasteiger charge is -2.30. The van der Waals surface area contributed by atoms with Crippen molar-refractivity contribution in [3.8, 4) is 0 Å². The normalized spacial score (nSPS) is 12.9. The average molecular weight is 203 g/mol. The smallest absolute Gasteiger partial charge is 0.335 e. The maximum atomic E-state index is 5.87. The Bertz CT molecular complexity index is 125. The molecule has 0 unspecified atom stereocenters. The van der Waals surface area contributed by atoms with Crippen molar-refractivity contribution in [2.45, 2.75) is 58.9 Å². The fourth-order valence-electron chi connectivity index (χ4n) is 1.46. The minimum Gasteiger partial charge on any atom is -0.392 e. The predicted molar refractivity (Wildman–Crippen MR) is 58.8 cm³/mol. The first-order chi connectivity index (χ1) is 5.89. The van der Waals surface area contributed by atoms with Crippen molar-refractivity contribution in [1.82, 2.24) is 0 Å². The van der Waals surface area contributed by atoms with Crippen LogP contribution in [-0.4, -0.2) is 20.8 Å². The molecule has 79 valence electrons. The number of rotatable bonds is 6. The van der Waals surface area contributed by atoms with Crippen LogP contribution in [0.5, 0.6) is 0 Å². The first-order valence-corrected chi connectivity index (χ1v) is 7.57. The van der Waals surface area contributed by atoms with Gasteiger partial charge in [0.05, 0.1) is 0 Å². The van der Waals surface area contributed by atoms with Gasteiger partial charge in [-0.05, 0) is 40.3 Å². The lowest BCUT2D eigenvalue weighted by atomic mass is 10.5. The van der Waals surface area contributed by atoms with Gasteiger partial charge in [-0.15, -0.1) is 0 Å². The second kappa shape index (κ2) is 5.78. The van der Waals surface area contributed by atoms with Gasteiger partial charge in [0, 0.05) is 12.2 Å². The van der Waals surface area contributed by atoms with Crippen LogP contribution in [-0.2, 0) is 8.85 Å². The Hall–Kier alpha value is 0.137. The molecule has 0 spiro atoms. The maximum absolute atomic E-state index is 5.87. The standard InChI is InChI=1S/C10H23O2Si/c1-7-8-13(6,11-9(2)3)12-10(4)5/h9-10H,1,7-8H2,2-6H3. The van der Waals surface area contributed by atoms with Gasteiger partial charge in [0.2, 0.25) is 0 Å². The van der Waals surface area contributed by atoms with E-state index in [1.807, 2.05) is 0 Å². The van der Waals surface area contributed by atoms with Crippen LogP contribution in [0.2, 0.25) is 12.6 Å². The first-order valence-electron chi connectivity index (χ1n) is 5.04. The average Bonchev–Trinajstić information content (AvgIpc) is 1.81. The fraction of sp³-hybridized carbons (Fsp3) is 0.900. The summed E-state index contributed by atoms with van der Waals surface area (Å²) in [4.78, 5) is 0. The molecule has 0 atom stereocenters. The Kier molecular flexibility index (Phi) is 5.84. The fourth-order valence-corrected chi connectivity index (χ4v) is 4.39. The van der Waals surface area contributed by atoms with Crippen LogP contribution in [0, 0.1) is 6.92 Å². The Balaban J connectivity index is 4.15. The topological polar surface area (TPSA) is 18.5 Å². The van der Waals surface area contributed by atoms with E-state index in [-0.39, 0.29) is 12.2 Å². The highest BCUT2D eigenvalue weighted by Gasteiger charge is 2.32. The summed E-state index contributed by atoms with van der Waals surface area (Å²) >= 11 is 0. The van der Waals surface area contributed by atoms with Gasteiger partial charge in [-0.1, -0.05) is 13.3 Å². The van der Waals surface area contributed by atoms with Gasteiger partial charge in [0.15, 0.2) is 0 Å². The van der Waals surface area contributed by atoms with Crippen molar-refractivity contribution in [3.05, 3.63) is 6.92 Å². The molecular formula is C10H23O2Si. The van der Waals surface area contributed by atoms with E-state index in [1.165, 1.54) is 0 Å². The van der Waals surface area contributed by atoms with Crippen molar-refractivity contribution >= 4 is 8.56 Å². The zero-order valence-corrected chi connectivity index (χ0v) is 10.6. The maximum Gasteiger partial charge on any atom is 0.335 e. The molecule has 0 saturated heterocycles. The minimum absolute atomic E-state index is 0.252. The monoisotopic (exact) mass is 203 g/mol. The predicted octanol–water partition coefficient (Wildman–Crippen LogP) is 3.13. The zero-order chi connectivity index (χ0) is 10.5. The molecule has 0 N–H and O–H groups in total. The Morgan fingerprint density at radius 2 is 1.46 bits per heavy atom. The third kappa shape index (κ3) is 6.24. The van der Waals surface area contributed by atoms with Crippen LogP contribution in [0.1, 0.15) is 34.1 Å². The van der Waals surface area contributed by atoms with Crippen molar-refractivity contribution in [3.63, 3.8) is 0 Å². The number of hydrogen-bond acceptors (Lipinski definition) is 2. The molecule has 0 aliphatic rings. The van der Waals surface area contributed by atoms with Crippen molar-refractivity contribution < 1.29 is 8.85 Å². The van der Waals surface area contributed by atoms with E-state index >= 15 is 0 Å². The summed E-state index contributed by atoms with van der Waals surface area (Å²) in [6, 6.07) is 0.976. The van der Waals surface area contributed by atoms with Gasteiger partial charge >= 0.3 is 8.56 Å². The molecule has 13 heavy (non-hydrogen) atoms. The Labute approximate surface area is 83.9 Å². The van der Waals surface area contributed by atoms with E-state index in [0.29, 0.717) is 0 Å². The zero-order valence-electron chi connectivity index (χ0n) is 9.59. The Morgan fingerprint density at radius 1 is 1.08 bits per heavy atom. The SMILES string of the molecule is [CH2]CC[Si](C)(OC(C)C)OC(C)C. The molecule has 2 nitrogen and oxygen atoms in total. The van der Waals surface area contributed by atoms with Gasteiger partial charge in [-0.3, -0.25) is 0 Å². The first kappa shape index (κ1) is 13.1. The molecule has 0 rings (SSSR count). The van der Waals surface area contributed by atoms with Gasteiger partial charge in [0.1, 0.15) is 0 Å². The molecule has 1 radical (unpaired) electrons. The highest BCUT2D eigenvalue weighted by Crippen LogP contribution is 2.19. The van der Waals surface area contributed by atoms with E-state index in [1.54, 1.807) is 0 Å². The van der Waals surface area contributed by atoms with Crippen LogP contribution in [0.4, 0.5) is 0 Å². The molecule has 0 aliphatic heterocycles. The van der Waals surface area contributed by atoms with Crippen LogP contribution < -0.4 is 0 Å². The molecular weight excluding hydrogens is 180 g/mol. The molecule has 0 amide bonds. The highest BCUT2D eigenvalue weighted by atomic mass is 28.4. The summed E-state index contributed by atoms with van der Waals surface area (Å²) in [7, 11) is -1.94. The van der Waals surface area contributed by atoms with Crippen LogP contribution in [0.25, 0.3) is 0 Å². The summed E-state index contributed by atoms with van der Waals surface area (Å²) in [6.07, 6.45) is 1.39. The van der Waals surface area contributed by atoms with E-state index < -0.39 is 8.56 Å². The van der Waals surface area contributed by atoms with Gasteiger partial charge < -0.3 is 8.85 Å². The lowest BCUT2D eigenvalue weighted by molar-refractivity contribution is 0.109. The summed E-state index contributed by atoms with van der Waals surface area (Å²) in [5.74, 6) is 0. The quantitative estimate of drug-likeness (QED) is 0.617. The van der Waals surface area contributed by atoms with E-state index in [4.69, 9.17) is 8.85 Å². The molecule has 3 heteroatoms. The summed E-state index contributed by atoms with van der Waals surface area (Å²) in [5, 5.41) is 0. The molecule has 0 aromatic rings. The Morgan fingerprint density at radius 3 is 1.69 bits per heavy atom. The molecule has 0 aromatic carbocycles. The molecule has 0 aromatic heterocycles. The van der Waals surface area contributed by atoms with Gasteiger partial charge in [-0.25, -0.2) is 0 Å². The summed E-state index contributed by atoms with van der Waals surface area (Å²) < 4.78 is 11.7.